The van der Waals surface area contributed by atoms with Crippen molar-refractivity contribution in [3.8, 4) is 5.75 Å². The molecule has 0 saturated heterocycles. The van der Waals surface area contributed by atoms with Crippen LogP contribution in [-0.2, 0) is 18.6 Å². The summed E-state index contributed by atoms with van der Waals surface area (Å²) in [6.07, 6.45) is 5.64. The number of hydrogen-bond acceptors (Lipinski definition) is 4. The van der Waals surface area contributed by atoms with Gasteiger partial charge in [-0.1, -0.05) is 24.3 Å². The maximum Gasteiger partial charge on any atom is 0.142 e. The van der Waals surface area contributed by atoms with E-state index >= 15 is 0 Å². The van der Waals surface area contributed by atoms with Crippen LogP contribution in [0.1, 0.15) is 42.5 Å². The van der Waals surface area contributed by atoms with Crippen LogP contribution in [0.2, 0.25) is 0 Å². The number of nitrogens with zero attached hydrogens (tertiary/aromatic N) is 1. The number of aryl methyl sites for hydroxylation is 1. The molecular formula is C23H28N2OS. The molecule has 1 aliphatic rings. The van der Waals surface area contributed by atoms with Crippen LogP contribution in [0, 0.1) is 0 Å². The van der Waals surface area contributed by atoms with Gasteiger partial charge in [0.05, 0.1) is 11.8 Å². The predicted molar refractivity (Wildman–Crippen MR) is 119 cm³/mol. The Morgan fingerprint density at radius 1 is 1.30 bits per heavy atom. The Bertz CT molecular complexity index is 842. The van der Waals surface area contributed by atoms with Gasteiger partial charge >= 0.3 is 0 Å². The van der Waals surface area contributed by atoms with Crippen molar-refractivity contribution in [3.05, 3.63) is 64.9 Å². The first-order chi connectivity index (χ1) is 13.1. The third-order valence-corrected chi connectivity index (χ3v) is 5.80. The molecule has 1 aliphatic carbocycles. The lowest BCUT2D eigenvalue weighted by atomic mass is 10.0. The molecule has 0 saturated carbocycles. The molecule has 1 N–H and O–H groups in total. The van der Waals surface area contributed by atoms with Gasteiger partial charge in [-0.2, -0.15) is 0 Å². The summed E-state index contributed by atoms with van der Waals surface area (Å²) in [6.45, 7) is 7.76. The molecule has 0 bridgehead atoms. The number of rotatable bonds is 8. The summed E-state index contributed by atoms with van der Waals surface area (Å²) in [5.74, 6) is 1.77. The van der Waals surface area contributed by atoms with Crippen LogP contribution >= 0.6 is 11.8 Å². The summed E-state index contributed by atoms with van der Waals surface area (Å²) >= 11 is 1.82. The van der Waals surface area contributed by atoms with E-state index in [1.54, 1.807) is 0 Å². The van der Waals surface area contributed by atoms with E-state index in [0.717, 1.165) is 23.6 Å². The monoisotopic (exact) mass is 380 g/mol. The maximum atomic E-state index is 5.87. The van der Waals surface area contributed by atoms with E-state index in [-0.39, 0.29) is 6.10 Å². The normalized spacial score (nSPS) is 13.6. The smallest absolute Gasteiger partial charge is 0.142 e. The van der Waals surface area contributed by atoms with Crippen LogP contribution in [0.3, 0.4) is 0 Å². The van der Waals surface area contributed by atoms with E-state index in [4.69, 9.17) is 4.74 Å². The molecule has 4 heteroatoms. The van der Waals surface area contributed by atoms with Crippen LogP contribution in [0.5, 0.6) is 5.75 Å². The number of anilines is 1. The zero-order chi connectivity index (χ0) is 19.2. The number of thioether (sulfide) groups is 1. The first-order valence-corrected chi connectivity index (χ1v) is 10.5. The topological polar surface area (TPSA) is 33.6 Å². The van der Waals surface area contributed by atoms with E-state index in [0.29, 0.717) is 0 Å². The Balaban J connectivity index is 1.79. The highest BCUT2D eigenvalue weighted by Gasteiger charge is 2.17. The van der Waals surface area contributed by atoms with Gasteiger partial charge in [0.2, 0.25) is 0 Å². The fourth-order valence-electron chi connectivity index (χ4n) is 3.50. The van der Waals surface area contributed by atoms with Gasteiger partial charge in [0.15, 0.2) is 0 Å². The zero-order valence-corrected chi connectivity index (χ0v) is 17.2. The Labute approximate surface area is 166 Å². The molecule has 0 radical (unpaired) electrons. The van der Waals surface area contributed by atoms with Crippen molar-refractivity contribution in [1.82, 2.24) is 0 Å². The molecule has 0 amide bonds. The van der Waals surface area contributed by atoms with Gasteiger partial charge in [-0.3, -0.25) is 4.99 Å². The number of benzene rings is 2. The standard InChI is InChI=1S/C23H28N2OS/c1-16(2)26-22-12-11-17(13-21(22)25-4)15-27-23(14-24-3)20-10-6-8-18-7-5-9-19(18)20/h6,8,10-14,16,25H,3,5,7,9,15H2,1-2,4H3/b23-14-. The Morgan fingerprint density at radius 2 is 2.15 bits per heavy atom. The molecule has 0 unspecified atom stereocenters. The first kappa shape index (κ1) is 19.6. The summed E-state index contributed by atoms with van der Waals surface area (Å²) in [7, 11) is 1.93. The van der Waals surface area contributed by atoms with E-state index in [1.807, 2.05) is 38.9 Å². The van der Waals surface area contributed by atoms with Gasteiger partial charge < -0.3 is 10.1 Å². The van der Waals surface area contributed by atoms with E-state index in [1.165, 1.54) is 40.0 Å². The molecule has 0 heterocycles. The molecule has 2 aromatic carbocycles. The van der Waals surface area contributed by atoms with Gasteiger partial charge in [0, 0.05) is 23.9 Å². The fourth-order valence-corrected chi connectivity index (χ4v) is 4.50. The molecular weight excluding hydrogens is 352 g/mol. The quantitative estimate of drug-likeness (QED) is 0.576. The second-order valence-corrected chi connectivity index (χ2v) is 8.03. The summed E-state index contributed by atoms with van der Waals surface area (Å²) in [5.41, 5.74) is 6.56. The minimum atomic E-state index is 0.158. The van der Waals surface area contributed by atoms with Crippen molar-refractivity contribution >= 4 is 29.1 Å². The largest absolute Gasteiger partial charge is 0.489 e. The summed E-state index contributed by atoms with van der Waals surface area (Å²) in [4.78, 5) is 5.26. The predicted octanol–water partition coefficient (Wildman–Crippen LogP) is 5.94. The maximum absolute atomic E-state index is 5.87. The lowest BCUT2D eigenvalue weighted by Gasteiger charge is -2.16. The van der Waals surface area contributed by atoms with Crippen LogP contribution in [0.4, 0.5) is 5.69 Å². The van der Waals surface area contributed by atoms with Crippen LogP contribution in [0.25, 0.3) is 4.91 Å². The fraction of sp³-hybridized carbons (Fsp3) is 0.348. The molecule has 0 aliphatic heterocycles. The second kappa shape index (κ2) is 9.14. The molecule has 0 spiro atoms. The highest BCUT2D eigenvalue weighted by atomic mass is 32.2. The molecule has 27 heavy (non-hydrogen) atoms. The molecule has 3 nitrogen and oxygen atoms in total. The Hall–Kier alpha value is -2.20. The molecule has 2 aromatic rings. The minimum absolute atomic E-state index is 0.158. The van der Waals surface area contributed by atoms with Crippen LogP contribution in [0.15, 0.2) is 47.6 Å². The summed E-state index contributed by atoms with van der Waals surface area (Å²) in [6, 6.07) is 13.0. The SMILES string of the molecule is C=N/C=C(\SCc1ccc(OC(C)C)c(NC)c1)c1cccc2c1CCC2. The van der Waals surface area contributed by atoms with Crippen molar-refractivity contribution < 1.29 is 4.74 Å². The van der Waals surface area contributed by atoms with Gasteiger partial charge in [0.1, 0.15) is 5.75 Å². The van der Waals surface area contributed by atoms with E-state index < -0.39 is 0 Å². The molecule has 142 valence electrons. The van der Waals surface area contributed by atoms with Gasteiger partial charge in [0.25, 0.3) is 0 Å². The van der Waals surface area contributed by atoms with Crippen molar-refractivity contribution in [2.45, 2.75) is 45.0 Å². The average molecular weight is 381 g/mol. The molecule has 0 atom stereocenters. The highest BCUT2D eigenvalue weighted by molar-refractivity contribution is 8.07. The summed E-state index contributed by atoms with van der Waals surface area (Å²) in [5, 5.41) is 3.24. The number of ether oxygens (including phenoxy) is 1. The number of aliphatic imine (C=N–C) groups is 1. The minimum Gasteiger partial charge on any atom is -0.489 e. The second-order valence-electron chi connectivity index (χ2n) is 7.01. The average Bonchev–Trinajstić information content (AvgIpc) is 3.14. The highest BCUT2D eigenvalue weighted by Crippen LogP contribution is 2.37. The third-order valence-electron chi connectivity index (χ3n) is 4.69. The van der Waals surface area contributed by atoms with Gasteiger partial charge in [-0.15, -0.1) is 11.8 Å². The lowest BCUT2D eigenvalue weighted by Crippen LogP contribution is -2.07. The first-order valence-electron chi connectivity index (χ1n) is 9.49. The van der Waals surface area contributed by atoms with Gasteiger partial charge in [-0.05, 0) is 74.2 Å². The van der Waals surface area contributed by atoms with Crippen molar-refractivity contribution in [2.24, 2.45) is 4.99 Å². The zero-order valence-electron chi connectivity index (χ0n) is 16.4. The number of nitrogens with one attached hydrogen (secondary N) is 1. The molecule has 3 rings (SSSR count). The third kappa shape index (κ3) is 4.75. The van der Waals surface area contributed by atoms with Crippen molar-refractivity contribution in [2.75, 3.05) is 12.4 Å². The Kier molecular flexibility index (Phi) is 6.62. The van der Waals surface area contributed by atoms with Crippen LogP contribution in [-0.4, -0.2) is 19.9 Å². The summed E-state index contributed by atoms with van der Waals surface area (Å²) < 4.78 is 5.87. The van der Waals surface area contributed by atoms with E-state index in [9.17, 15) is 0 Å². The molecule has 0 aromatic heterocycles. The lowest BCUT2D eigenvalue weighted by molar-refractivity contribution is 0.243. The van der Waals surface area contributed by atoms with E-state index in [2.05, 4.69) is 53.4 Å². The van der Waals surface area contributed by atoms with Crippen molar-refractivity contribution in [1.29, 1.82) is 0 Å². The number of fused-ring (bicyclic) bond motifs is 1. The van der Waals surface area contributed by atoms with Crippen LogP contribution < -0.4 is 10.1 Å². The van der Waals surface area contributed by atoms with Crippen molar-refractivity contribution in [3.63, 3.8) is 0 Å². The molecule has 0 fully saturated rings. The Morgan fingerprint density at radius 3 is 2.89 bits per heavy atom. The number of hydrogen-bond donors (Lipinski definition) is 1. The van der Waals surface area contributed by atoms with Gasteiger partial charge in [-0.25, -0.2) is 0 Å².